The molecule has 0 bridgehead atoms. The van der Waals surface area contributed by atoms with Gasteiger partial charge < -0.3 is 19.5 Å². The highest BCUT2D eigenvalue weighted by atomic mass is 16.6. The third kappa shape index (κ3) is 3.81. The number of rotatable bonds is 5. The van der Waals surface area contributed by atoms with Crippen molar-refractivity contribution in [3.05, 3.63) is 53.4 Å². The molecule has 1 N–H and O–H groups in total. The first-order chi connectivity index (χ1) is 14.1. The van der Waals surface area contributed by atoms with E-state index in [0.717, 1.165) is 36.9 Å². The van der Waals surface area contributed by atoms with Crippen LogP contribution < -0.4 is 10.1 Å². The Labute approximate surface area is 170 Å². The van der Waals surface area contributed by atoms with Crippen molar-refractivity contribution >= 4 is 11.8 Å². The summed E-state index contributed by atoms with van der Waals surface area (Å²) in [5.41, 5.74) is 2.89. The number of hydrogen-bond acceptors (Lipinski definition) is 6. The fourth-order valence-electron chi connectivity index (χ4n) is 4.57. The van der Waals surface area contributed by atoms with E-state index in [2.05, 4.69) is 11.9 Å². The van der Waals surface area contributed by atoms with Gasteiger partial charge in [-0.25, -0.2) is 0 Å². The van der Waals surface area contributed by atoms with Crippen LogP contribution in [0.5, 0.6) is 5.75 Å². The molecule has 3 atom stereocenters. The Kier molecular flexibility index (Phi) is 5.72. The van der Waals surface area contributed by atoms with Gasteiger partial charge in [0.25, 0.3) is 0 Å². The summed E-state index contributed by atoms with van der Waals surface area (Å²) in [6.45, 7) is 5.04. The van der Waals surface area contributed by atoms with E-state index >= 15 is 0 Å². The van der Waals surface area contributed by atoms with Gasteiger partial charge in [0.2, 0.25) is 0 Å². The lowest BCUT2D eigenvalue weighted by Crippen LogP contribution is -2.41. The second kappa shape index (κ2) is 8.41. The van der Waals surface area contributed by atoms with E-state index in [1.807, 2.05) is 24.3 Å². The molecule has 4 rings (SSSR count). The number of Topliss-reactive ketones (excluding diaryl/α,β-unsaturated/α-hetero) is 1. The molecular formula is C23H27NO5. The maximum absolute atomic E-state index is 13.2. The molecule has 1 fully saturated rings. The van der Waals surface area contributed by atoms with Gasteiger partial charge in [-0.15, -0.1) is 0 Å². The van der Waals surface area contributed by atoms with Crippen molar-refractivity contribution in [2.75, 3.05) is 20.3 Å². The van der Waals surface area contributed by atoms with E-state index < -0.39 is 11.8 Å². The first kappa shape index (κ1) is 19.7. The van der Waals surface area contributed by atoms with Crippen LogP contribution >= 0.6 is 0 Å². The van der Waals surface area contributed by atoms with Gasteiger partial charge in [-0.3, -0.25) is 9.59 Å². The predicted octanol–water partition coefficient (Wildman–Crippen LogP) is 3.24. The highest BCUT2D eigenvalue weighted by Crippen LogP contribution is 2.46. The maximum Gasteiger partial charge on any atom is 0.315 e. The zero-order valence-electron chi connectivity index (χ0n) is 16.7. The number of ketones is 1. The largest absolute Gasteiger partial charge is 0.496 e. The summed E-state index contributed by atoms with van der Waals surface area (Å²) in [5, 5.41) is 3.24. The molecule has 1 aromatic rings. The zero-order chi connectivity index (χ0) is 20.4. The van der Waals surface area contributed by atoms with Crippen LogP contribution in [0.15, 0.2) is 47.8 Å². The lowest BCUT2D eigenvalue weighted by atomic mass is 9.71. The van der Waals surface area contributed by atoms with Crippen LogP contribution in [0, 0.1) is 5.92 Å². The van der Waals surface area contributed by atoms with E-state index in [1.165, 1.54) is 0 Å². The summed E-state index contributed by atoms with van der Waals surface area (Å²) in [5.74, 6) is -0.847. The third-order valence-corrected chi connectivity index (χ3v) is 5.95. The molecule has 29 heavy (non-hydrogen) atoms. The van der Waals surface area contributed by atoms with E-state index in [0.29, 0.717) is 30.0 Å². The number of benzene rings is 1. The summed E-state index contributed by atoms with van der Waals surface area (Å²) < 4.78 is 16.8. The molecule has 0 spiro atoms. The molecule has 6 heteroatoms. The number of carbonyl (C=O) groups is 2. The van der Waals surface area contributed by atoms with Crippen LogP contribution in [0.2, 0.25) is 0 Å². The zero-order valence-corrected chi connectivity index (χ0v) is 16.7. The summed E-state index contributed by atoms with van der Waals surface area (Å²) in [6, 6.07) is 7.53. The minimum Gasteiger partial charge on any atom is -0.496 e. The summed E-state index contributed by atoms with van der Waals surface area (Å²) in [4.78, 5) is 26.1. The number of ether oxygens (including phenoxy) is 3. The second-order valence-corrected chi connectivity index (χ2v) is 7.78. The molecule has 0 aromatic heterocycles. The van der Waals surface area contributed by atoms with Crippen molar-refractivity contribution < 1.29 is 23.8 Å². The highest BCUT2D eigenvalue weighted by molar-refractivity contribution is 6.00. The third-order valence-electron chi connectivity index (χ3n) is 5.95. The molecule has 0 amide bonds. The summed E-state index contributed by atoms with van der Waals surface area (Å²) in [7, 11) is 1.59. The maximum atomic E-state index is 13.2. The fourth-order valence-corrected chi connectivity index (χ4v) is 4.57. The number of methoxy groups -OCH3 is 1. The van der Waals surface area contributed by atoms with Gasteiger partial charge in [0.05, 0.1) is 13.2 Å². The van der Waals surface area contributed by atoms with Gasteiger partial charge in [0.1, 0.15) is 18.3 Å². The first-order valence-electron chi connectivity index (χ1n) is 10.2. The molecule has 2 aliphatic heterocycles. The minimum absolute atomic E-state index is 0.0560. The first-order valence-corrected chi connectivity index (χ1v) is 10.2. The van der Waals surface area contributed by atoms with E-state index in [1.54, 1.807) is 7.11 Å². The smallest absolute Gasteiger partial charge is 0.315 e. The number of para-hydroxylation sites is 1. The molecule has 3 unspecified atom stereocenters. The second-order valence-electron chi connectivity index (χ2n) is 7.78. The van der Waals surface area contributed by atoms with Crippen LogP contribution in [0.1, 0.15) is 43.6 Å². The molecule has 3 aliphatic rings. The lowest BCUT2D eigenvalue weighted by molar-refractivity contribution is -0.151. The Morgan fingerprint density at radius 1 is 1.28 bits per heavy atom. The topological polar surface area (TPSA) is 73.9 Å². The number of allylic oxidation sites excluding steroid dienone is 2. The SMILES string of the molecule is C=C1NC2=C(C(=O)CCC2)C(c2ccccc2OC)C1C(=O)OCC1CCCO1. The van der Waals surface area contributed by atoms with Gasteiger partial charge in [-0.2, -0.15) is 0 Å². The molecule has 1 saturated heterocycles. The van der Waals surface area contributed by atoms with Crippen molar-refractivity contribution in [2.24, 2.45) is 5.92 Å². The highest BCUT2D eigenvalue weighted by Gasteiger charge is 2.45. The average Bonchev–Trinajstić information content (AvgIpc) is 3.25. The van der Waals surface area contributed by atoms with Gasteiger partial charge in [-0.05, 0) is 31.7 Å². The number of hydrogen-bond donors (Lipinski definition) is 1. The summed E-state index contributed by atoms with van der Waals surface area (Å²) >= 11 is 0. The van der Waals surface area contributed by atoms with Gasteiger partial charge in [0.15, 0.2) is 5.78 Å². The Morgan fingerprint density at radius 3 is 2.86 bits per heavy atom. The summed E-state index contributed by atoms with van der Waals surface area (Å²) in [6.07, 6.45) is 3.86. The lowest BCUT2D eigenvalue weighted by Gasteiger charge is -2.38. The molecule has 1 aliphatic carbocycles. The molecular weight excluding hydrogens is 370 g/mol. The van der Waals surface area contributed by atoms with Crippen molar-refractivity contribution in [2.45, 2.75) is 44.1 Å². The van der Waals surface area contributed by atoms with Crippen molar-refractivity contribution in [3.8, 4) is 5.75 Å². The van der Waals surface area contributed by atoms with Gasteiger partial charge in [-0.1, -0.05) is 24.8 Å². The van der Waals surface area contributed by atoms with E-state index in [-0.39, 0.29) is 24.5 Å². The average molecular weight is 397 g/mol. The molecule has 0 radical (unpaired) electrons. The van der Waals surface area contributed by atoms with Crippen LogP contribution in [0.25, 0.3) is 0 Å². The number of nitrogens with one attached hydrogen (secondary N) is 1. The Morgan fingerprint density at radius 2 is 2.10 bits per heavy atom. The Balaban J connectivity index is 1.71. The van der Waals surface area contributed by atoms with E-state index in [4.69, 9.17) is 14.2 Å². The van der Waals surface area contributed by atoms with Crippen molar-refractivity contribution in [1.82, 2.24) is 5.32 Å². The molecule has 1 aromatic carbocycles. The number of esters is 1. The molecule has 2 heterocycles. The van der Waals surface area contributed by atoms with Crippen LogP contribution in [0.3, 0.4) is 0 Å². The monoisotopic (exact) mass is 397 g/mol. The standard InChI is InChI=1S/C23H27NO5/c1-14-20(23(26)29-13-15-7-6-12-28-15)21(16-8-3-4-11-19(16)27-2)22-17(24-14)9-5-10-18(22)25/h3-4,8,11,15,20-21,24H,1,5-7,9-10,12-13H2,2H3. The van der Waals surface area contributed by atoms with Crippen LogP contribution in [-0.4, -0.2) is 38.2 Å². The Bertz CT molecular complexity index is 853. The fraction of sp³-hybridized carbons (Fsp3) is 0.478. The van der Waals surface area contributed by atoms with Crippen LogP contribution in [-0.2, 0) is 19.1 Å². The Hall–Kier alpha value is -2.60. The molecule has 154 valence electrons. The molecule has 6 nitrogen and oxygen atoms in total. The van der Waals surface area contributed by atoms with Crippen molar-refractivity contribution in [1.29, 1.82) is 0 Å². The molecule has 0 saturated carbocycles. The van der Waals surface area contributed by atoms with E-state index in [9.17, 15) is 9.59 Å². The predicted molar refractivity (Wildman–Crippen MR) is 107 cm³/mol. The minimum atomic E-state index is -0.700. The van der Waals surface area contributed by atoms with Gasteiger partial charge >= 0.3 is 5.97 Å². The van der Waals surface area contributed by atoms with Crippen molar-refractivity contribution in [3.63, 3.8) is 0 Å². The number of carbonyl (C=O) groups excluding carboxylic acids is 2. The van der Waals surface area contributed by atoms with Crippen LogP contribution in [0.4, 0.5) is 0 Å². The quantitative estimate of drug-likeness (QED) is 0.769. The van der Waals surface area contributed by atoms with Gasteiger partial charge in [0, 0.05) is 41.5 Å². The normalized spacial score (nSPS) is 26.7.